The first-order chi connectivity index (χ1) is 13.2. The molecule has 0 fully saturated rings. The van der Waals surface area contributed by atoms with Crippen molar-refractivity contribution in [2.24, 2.45) is 0 Å². The molecule has 0 bridgehead atoms. The van der Waals surface area contributed by atoms with Crippen molar-refractivity contribution in [2.45, 2.75) is 32.1 Å². The van der Waals surface area contributed by atoms with Gasteiger partial charge in [-0.05, 0) is 37.0 Å². The molecule has 0 aliphatic heterocycles. The molecule has 1 aromatic heterocycles. The van der Waals surface area contributed by atoms with Crippen LogP contribution in [0.15, 0.2) is 65.2 Å². The third-order valence-corrected chi connectivity index (χ3v) is 4.32. The molecule has 2 aromatic carbocycles. The van der Waals surface area contributed by atoms with Crippen LogP contribution < -0.4 is 5.32 Å². The topological polar surface area (TPSA) is 55.1 Å². The van der Waals surface area contributed by atoms with Crippen LogP contribution in [0.5, 0.6) is 0 Å². The fraction of sp³-hybridized carbons (Fsp3) is 0.273. The standard InChI is InChI=1S/C22H23FN2O2/c23-19-12-5-4-11-18(19)20-16-25-22(27-20)14-13-21(26)24-15-7-6-10-17-8-2-1-3-9-17/h1-5,8-9,11-12,16H,6-7,10,13-15H2,(H,24,26). The largest absolute Gasteiger partial charge is 0.441 e. The number of hydrogen-bond acceptors (Lipinski definition) is 3. The minimum Gasteiger partial charge on any atom is -0.441 e. The van der Waals surface area contributed by atoms with Gasteiger partial charge in [-0.25, -0.2) is 9.37 Å². The Hall–Kier alpha value is -2.95. The number of hydrogen-bond donors (Lipinski definition) is 1. The number of rotatable bonds is 9. The number of nitrogens with zero attached hydrogens (tertiary/aromatic N) is 1. The van der Waals surface area contributed by atoms with E-state index in [-0.39, 0.29) is 11.7 Å². The Bertz CT molecular complexity index is 862. The Morgan fingerprint density at radius 3 is 2.59 bits per heavy atom. The van der Waals surface area contributed by atoms with Crippen LogP contribution in [-0.2, 0) is 17.6 Å². The maximum absolute atomic E-state index is 13.8. The van der Waals surface area contributed by atoms with Crippen molar-refractivity contribution in [1.82, 2.24) is 10.3 Å². The van der Waals surface area contributed by atoms with Crippen LogP contribution in [0.4, 0.5) is 4.39 Å². The minimum absolute atomic E-state index is 0.0275. The summed E-state index contributed by atoms with van der Waals surface area (Å²) in [4.78, 5) is 16.1. The number of benzene rings is 2. The monoisotopic (exact) mass is 366 g/mol. The quantitative estimate of drug-likeness (QED) is 0.565. The highest BCUT2D eigenvalue weighted by Gasteiger charge is 2.11. The molecule has 0 spiro atoms. The summed E-state index contributed by atoms with van der Waals surface area (Å²) in [7, 11) is 0. The molecule has 27 heavy (non-hydrogen) atoms. The number of amides is 1. The number of aryl methyl sites for hydroxylation is 2. The second-order valence-electron chi connectivity index (χ2n) is 6.39. The highest BCUT2D eigenvalue weighted by molar-refractivity contribution is 5.76. The molecule has 3 rings (SSSR count). The fourth-order valence-electron chi connectivity index (χ4n) is 2.85. The molecule has 140 valence electrons. The Labute approximate surface area is 158 Å². The average molecular weight is 366 g/mol. The number of aromatic nitrogens is 1. The average Bonchev–Trinajstić information content (AvgIpc) is 3.16. The van der Waals surface area contributed by atoms with Gasteiger partial charge in [-0.15, -0.1) is 0 Å². The lowest BCUT2D eigenvalue weighted by Crippen LogP contribution is -2.24. The summed E-state index contributed by atoms with van der Waals surface area (Å²) in [6.07, 6.45) is 5.19. The molecule has 4 nitrogen and oxygen atoms in total. The van der Waals surface area contributed by atoms with Gasteiger partial charge in [-0.3, -0.25) is 4.79 Å². The van der Waals surface area contributed by atoms with Crippen molar-refractivity contribution < 1.29 is 13.6 Å². The predicted octanol–water partition coefficient (Wildman–Crippen LogP) is 4.55. The summed E-state index contributed by atoms with van der Waals surface area (Å²) in [5.74, 6) is 0.436. The Kier molecular flexibility index (Phi) is 6.74. The summed E-state index contributed by atoms with van der Waals surface area (Å²) in [6, 6.07) is 16.7. The molecule has 1 N–H and O–H groups in total. The zero-order chi connectivity index (χ0) is 18.9. The highest BCUT2D eigenvalue weighted by atomic mass is 19.1. The van der Waals surface area contributed by atoms with E-state index in [1.807, 2.05) is 18.2 Å². The molecular formula is C22H23FN2O2. The molecule has 0 radical (unpaired) electrons. The SMILES string of the molecule is O=C(CCc1ncc(-c2ccccc2F)o1)NCCCCc1ccccc1. The first kappa shape index (κ1) is 18.8. The summed E-state index contributed by atoms with van der Waals surface area (Å²) in [5.41, 5.74) is 1.69. The van der Waals surface area contributed by atoms with E-state index in [0.717, 1.165) is 19.3 Å². The number of halogens is 1. The molecule has 3 aromatic rings. The lowest BCUT2D eigenvalue weighted by atomic mass is 10.1. The van der Waals surface area contributed by atoms with E-state index in [4.69, 9.17) is 4.42 Å². The van der Waals surface area contributed by atoms with E-state index in [9.17, 15) is 9.18 Å². The molecule has 0 aliphatic rings. The van der Waals surface area contributed by atoms with Crippen LogP contribution in [0.2, 0.25) is 0 Å². The van der Waals surface area contributed by atoms with Crippen LogP contribution in [0, 0.1) is 5.82 Å². The van der Waals surface area contributed by atoms with Gasteiger partial charge in [0.15, 0.2) is 11.7 Å². The van der Waals surface area contributed by atoms with Crippen LogP contribution in [0.25, 0.3) is 11.3 Å². The van der Waals surface area contributed by atoms with Crippen LogP contribution in [-0.4, -0.2) is 17.4 Å². The second kappa shape index (κ2) is 9.67. The summed E-state index contributed by atoms with van der Waals surface area (Å²) >= 11 is 0. The van der Waals surface area contributed by atoms with Gasteiger partial charge in [0, 0.05) is 19.4 Å². The van der Waals surface area contributed by atoms with Crippen molar-refractivity contribution in [3.63, 3.8) is 0 Å². The number of carbonyl (C=O) groups excluding carboxylic acids is 1. The fourth-order valence-corrected chi connectivity index (χ4v) is 2.85. The molecule has 0 saturated heterocycles. The smallest absolute Gasteiger partial charge is 0.220 e. The molecule has 0 atom stereocenters. The Morgan fingerprint density at radius 1 is 1.00 bits per heavy atom. The number of nitrogens with one attached hydrogen (secondary N) is 1. The van der Waals surface area contributed by atoms with Crippen LogP contribution in [0.1, 0.15) is 30.7 Å². The molecule has 1 heterocycles. The molecule has 5 heteroatoms. The third kappa shape index (κ3) is 5.78. The maximum atomic E-state index is 13.8. The molecule has 1 amide bonds. The predicted molar refractivity (Wildman–Crippen MR) is 103 cm³/mol. The van der Waals surface area contributed by atoms with E-state index in [0.29, 0.717) is 36.6 Å². The van der Waals surface area contributed by atoms with Gasteiger partial charge >= 0.3 is 0 Å². The normalized spacial score (nSPS) is 10.7. The second-order valence-corrected chi connectivity index (χ2v) is 6.39. The van der Waals surface area contributed by atoms with Crippen molar-refractivity contribution in [2.75, 3.05) is 6.54 Å². The molecule has 0 aliphatic carbocycles. The number of oxazole rings is 1. The van der Waals surface area contributed by atoms with Gasteiger partial charge in [0.25, 0.3) is 0 Å². The minimum atomic E-state index is -0.353. The van der Waals surface area contributed by atoms with Gasteiger partial charge in [-0.2, -0.15) is 0 Å². The summed E-state index contributed by atoms with van der Waals surface area (Å²) in [6.45, 7) is 0.664. The zero-order valence-corrected chi connectivity index (χ0v) is 15.2. The number of carbonyl (C=O) groups is 1. The van der Waals surface area contributed by atoms with E-state index < -0.39 is 0 Å². The van der Waals surface area contributed by atoms with Gasteiger partial charge in [-0.1, -0.05) is 42.5 Å². The van der Waals surface area contributed by atoms with Gasteiger partial charge < -0.3 is 9.73 Å². The highest BCUT2D eigenvalue weighted by Crippen LogP contribution is 2.23. The van der Waals surface area contributed by atoms with Crippen molar-refractivity contribution in [3.05, 3.63) is 78.1 Å². The third-order valence-electron chi connectivity index (χ3n) is 4.32. The lowest BCUT2D eigenvalue weighted by molar-refractivity contribution is -0.121. The van der Waals surface area contributed by atoms with E-state index in [1.165, 1.54) is 17.8 Å². The van der Waals surface area contributed by atoms with Gasteiger partial charge in [0.2, 0.25) is 5.91 Å². The first-order valence-electron chi connectivity index (χ1n) is 9.22. The van der Waals surface area contributed by atoms with Gasteiger partial charge in [0.05, 0.1) is 11.8 Å². The van der Waals surface area contributed by atoms with Crippen LogP contribution >= 0.6 is 0 Å². The summed E-state index contributed by atoms with van der Waals surface area (Å²) < 4.78 is 19.3. The summed E-state index contributed by atoms with van der Waals surface area (Å²) in [5, 5.41) is 2.92. The molecular weight excluding hydrogens is 343 g/mol. The molecule has 0 saturated carbocycles. The van der Waals surface area contributed by atoms with Crippen molar-refractivity contribution in [3.8, 4) is 11.3 Å². The van der Waals surface area contributed by atoms with E-state index in [1.54, 1.807) is 18.2 Å². The Balaban J connectivity index is 1.35. The lowest BCUT2D eigenvalue weighted by Gasteiger charge is -2.05. The van der Waals surface area contributed by atoms with Crippen LogP contribution in [0.3, 0.4) is 0 Å². The molecule has 0 unspecified atom stereocenters. The number of unbranched alkanes of at least 4 members (excludes halogenated alkanes) is 1. The maximum Gasteiger partial charge on any atom is 0.220 e. The van der Waals surface area contributed by atoms with Crippen molar-refractivity contribution in [1.29, 1.82) is 0 Å². The van der Waals surface area contributed by atoms with Gasteiger partial charge in [0.1, 0.15) is 5.82 Å². The van der Waals surface area contributed by atoms with Crippen molar-refractivity contribution >= 4 is 5.91 Å². The zero-order valence-electron chi connectivity index (χ0n) is 15.2. The van der Waals surface area contributed by atoms with E-state index in [2.05, 4.69) is 22.4 Å². The Morgan fingerprint density at radius 2 is 1.78 bits per heavy atom. The first-order valence-corrected chi connectivity index (χ1v) is 9.22. The van der Waals surface area contributed by atoms with E-state index >= 15 is 0 Å².